The van der Waals surface area contributed by atoms with Crippen molar-refractivity contribution in [2.24, 2.45) is 0 Å². The molecular formula is C20H30N4O3. The standard InChI is InChI=1S/C20H30N4O3/c1-15-5-6-16(20(26)24-8-4-7-22(2)9-10-24)13-17(15)21-19(25)18-14-27-12-11-23(18)3/h5-6,13,18H,4,7-12,14H2,1-3H3,(H,21,25)/t18-/m0/s1. The maximum Gasteiger partial charge on any atom is 0.253 e. The van der Waals surface area contributed by atoms with Crippen molar-refractivity contribution >= 4 is 17.5 Å². The van der Waals surface area contributed by atoms with Crippen LogP contribution in [0, 0.1) is 6.92 Å². The molecule has 1 N–H and O–H groups in total. The summed E-state index contributed by atoms with van der Waals surface area (Å²) in [6.45, 7) is 7.10. The molecular weight excluding hydrogens is 344 g/mol. The minimum Gasteiger partial charge on any atom is -0.378 e. The van der Waals surface area contributed by atoms with Crippen molar-refractivity contribution in [3.8, 4) is 0 Å². The number of nitrogens with one attached hydrogen (secondary N) is 1. The molecule has 0 unspecified atom stereocenters. The van der Waals surface area contributed by atoms with Crippen molar-refractivity contribution in [3.05, 3.63) is 29.3 Å². The Bertz CT molecular complexity index is 694. The number of amides is 2. The summed E-state index contributed by atoms with van der Waals surface area (Å²) in [5.41, 5.74) is 2.25. The second-order valence-electron chi connectivity index (χ2n) is 7.54. The van der Waals surface area contributed by atoms with Crippen molar-refractivity contribution in [3.63, 3.8) is 0 Å². The number of nitrogens with zero attached hydrogens (tertiary/aromatic N) is 3. The number of benzene rings is 1. The molecule has 0 bridgehead atoms. The first-order valence-corrected chi connectivity index (χ1v) is 9.63. The van der Waals surface area contributed by atoms with Gasteiger partial charge in [-0.15, -0.1) is 0 Å². The first-order chi connectivity index (χ1) is 13.0. The maximum absolute atomic E-state index is 12.9. The number of aryl methyl sites for hydroxylation is 1. The predicted molar refractivity (Wildman–Crippen MR) is 105 cm³/mol. The highest BCUT2D eigenvalue weighted by Crippen LogP contribution is 2.20. The van der Waals surface area contributed by atoms with Crippen LogP contribution in [-0.4, -0.2) is 92.6 Å². The number of carbonyl (C=O) groups excluding carboxylic acids is 2. The third-order valence-electron chi connectivity index (χ3n) is 5.45. The van der Waals surface area contributed by atoms with Crippen molar-refractivity contribution in [1.82, 2.24) is 14.7 Å². The van der Waals surface area contributed by atoms with Crippen LogP contribution in [0.2, 0.25) is 0 Å². The highest BCUT2D eigenvalue weighted by molar-refractivity contribution is 5.99. The van der Waals surface area contributed by atoms with Crippen LogP contribution in [0.3, 0.4) is 0 Å². The zero-order chi connectivity index (χ0) is 19.4. The summed E-state index contributed by atoms with van der Waals surface area (Å²) in [5, 5.41) is 2.99. The van der Waals surface area contributed by atoms with Gasteiger partial charge in [0.05, 0.1) is 13.2 Å². The van der Waals surface area contributed by atoms with Gasteiger partial charge in [-0.25, -0.2) is 0 Å². The summed E-state index contributed by atoms with van der Waals surface area (Å²) in [6, 6.07) is 5.23. The Morgan fingerprint density at radius 1 is 1.11 bits per heavy atom. The lowest BCUT2D eigenvalue weighted by Crippen LogP contribution is -2.49. The molecule has 0 aromatic heterocycles. The van der Waals surface area contributed by atoms with Crippen LogP contribution in [0.1, 0.15) is 22.3 Å². The molecule has 27 heavy (non-hydrogen) atoms. The summed E-state index contributed by atoms with van der Waals surface area (Å²) >= 11 is 0. The Hall–Kier alpha value is -1.96. The molecule has 0 radical (unpaired) electrons. The summed E-state index contributed by atoms with van der Waals surface area (Å²) in [4.78, 5) is 31.7. The number of ether oxygens (including phenoxy) is 1. The molecule has 2 amide bonds. The number of hydrogen-bond acceptors (Lipinski definition) is 5. The Labute approximate surface area is 161 Å². The van der Waals surface area contributed by atoms with Gasteiger partial charge in [0.15, 0.2) is 0 Å². The van der Waals surface area contributed by atoms with Gasteiger partial charge in [0.1, 0.15) is 6.04 Å². The molecule has 1 atom stereocenters. The number of likely N-dealkylation sites (N-methyl/N-ethyl adjacent to an activating group) is 2. The Kier molecular flexibility index (Phi) is 6.46. The summed E-state index contributed by atoms with van der Waals surface area (Å²) in [6.07, 6.45) is 0.978. The van der Waals surface area contributed by atoms with Gasteiger partial charge in [-0.05, 0) is 51.7 Å². The summed E-state index contributed by atoms with van der Waals surface area (Å²) < 4.78 is 5.44. The minimum absolute atomic E-state index is 0.0268. The first kappa shape index (κ1) is 19.8. The fourth-order valence-electron chi connectivity index (χ4n) is 3.50. The highest BCUT2D eigenvalue weighted by atomic mass is 16.5. The number of morpholine rings is 1. The van der Waals surface area contributed by atoms with Gasteiger partial charge in [0.25, 0.3) is 5.91 Å². The van der Waals surface area contributed by atoms with Crippen LogP contribution in [0.25, 0.3) is 0 Å². The second-order valence-corrected chi connectivity index (χ2v) is 7.54. The van der Waals surface area contributed by atoms with Crippen molar-refractivity contribution in [2.75, 3.05) is 65.3 Å². The van der Waals surface area contributed by atoms with Gasteiger partial charge in [0, 0.05) is 37.4 Å². The van der Waals surface area contributed by atoms with E-state index in [0.717, 1.165) is 44.7 Å². The van der Waals surface area contributed by atoms with Crippen LogP contribution in [0.15, 0.2) is 18.2 Å². The monoisotopic (exact) mass is 374 g/mol. The lowest BCUT2D eigenvalue weighted by Gasteiger charge is -2.31. The average Bonchev–Trinajstić information content (AvgIpc) is 2.87. The van der Waals surface area contributed by atoms with Gasteiger partial charge in [0.2, 0.25) is 5.91 Å². The van der Waals surface area contributed by atoms with Gasteiger partial charge < -0.3 is 19.9 Å². The molecule has 3 rings (SSSR count). The molecule has 2 fully saturated rings. The lowest BCUT2D eigenvalue weighted by molar-refractivity contribution is -0.126. The third kappa shape index (κ3) is 4.86. The van der Waals surface area contributed by atoms with Crippen molar-refractivity contribution in [1.29, 1.82) is 0 Å². The zero-order valence-corrected chi connectivity index (χ0v) is 16.5. The molecule has 2 aliphatic rings. The lowest BCUT2D eigenvalue weighted by atomic mass is 10.1. The van der Waals surface area contributed by atoms with E-state index in [1.165, 1.54) is 0 Å². The van der Waals surface area contributed by atoms with E-state index >= 15 is 0 Å². The third-order valence-corrected chi connectivity index (χ3v) is 5.45. The molecule has 2 saturated heterocycles. The van der Waals surface area contributed by atoms with Crippen molar-refractivity contribution in [2.45, 2.75) is 19.4 Å². The summed E-state index contributed by atoms with van der Waals surface area (Å²) in [7, 11) is 4.01. The predicted octanol–water partition coefficient (Wildman–Crippen LogP) is 1.04. The molecule has 2 aliphatic heterocycles. The Morgan fingerprint density at radius 3 is 2.70 bits per heavy atom. The van der Waals surface area contributed by atoms with E-state index in [-0.39, 0.29) is 17.9 Å². The van der Waals surface area contributed by atoms with Crippen LogP contribution in [0.5, 0.6) is 0 Å². The van der Waals surface area contributed by atoms with E-state index in [1.807, 2.05) is 35.9 Å². The number of carbonyl (C=O) groups is 2. The van der Waals surface area contributed by atoms with Crippen LogP contribution in [0.4, 0.5) is 5.69 Å². The quantitative estimate of drug-likeness (QED) is 0.857. The topological polar surface area (TPSA) is 65.1 Å². The van der Waals surface area contributed by atoms with E-state index < -0.39 is 0 Å². The molecule has 0 aliphatic carbocycles. The molecule has 7 nitrogen and oxygen atoms in total. The van der Waals surface area contributed by atoms with E-state index in [0.29, 0.717) is 24.5 Å². The molecule has 1 aromatic rings. The van der Waals surface area contributed by atoms with E-state index in [9.17, 15) is 9.59 Å². The van der Waals surface area contributed by atoms with E-state index in [4.69, 9.17) is 4.74 Å². The smallest absolute Gasteiger partial charge is 0.253 e. The Morgan fingerprint density at radius 2 is 1.93 bits per heavy atom. The SMILES string of the molecule is Cc1ccc(C(=O)N2CCCN(C)CC2)cc1NC(=O)[C@@H]1COCCN1C. The molecule has 1 aromatic carbocycles. The average molecular weight is 374 g/mol. The fraction of sp³-hybridized carbons (Fsp3) is 0.600. The molecule has 2 heterocycles. The normalized spacial score (nSPS) is 22.3. The first-order valence-electron chi connectivity index (χ1n) is 9.63. The van der Waals surface area contributed by atoms with E-state index in [1.54, 1.807) is 6.07 Å². The number of anilines is 1. The maximum atomic E-state index is 12.9. The van der Waals surface area contributed by atoms with Gasteiger partial charge in [-0.3, -0.25) is 14.5 Å². The minimum atomic E-state index is -0.307. The zero-order valence-electron chi connectivity index (χ0n) is 16.5. The number of rotatable bonds is 3. The fourth-order valence-corrected chi connectivity index (χ4v) is 3.50. The van der Waals surface area contributed by atoms with Crippen LogP contribution in [-0.2, 0) is 9.53 Å². The van der Waals surface area contributed by atoms with Gasteiger partial charge >= 0.3 is 0 Å². The van der Waals surface area contributed by atoms with Crippen molar-refractivity contribution < 1.29 is 14.3 Å². The van der Waals surface area contributed by atoms with Crippen LogP contribution >= 0.6 is 0 Å². The highest BCUT2D eigenvalue weighted by Gasteiger charge is 2.27. The summed E-state index contributed by atoms with van der Waals surface area (Å²) in [5.74, 6) is -0.0692. The van der Waals surface area contributed by atoms with E-state index in [2.05, 4.69) is 17.3 Å². The molecule has 148 valence electrons. The Balaban J connectivity index is 1.71. The second kappa shape index (κ2) is 8.82. The molecule has 7 heteroatoms. The number of hydrogen-bond donors (Lipinski definition) is 1. The molecule has 0 saturated carbocycles. The van der Waals surface area contributed by atoms with Gasteiger partial charge in [-0.1, -0.05) is 6.07 Å². The van der Waals surface area contributed by atoms with Crippen LogP contribution < -0.4 is 5.32 Å². The molecule has 0 spiro atoms. The largest absolute Gasteiger partial charge is 0.378 e. The van der Waals surface area contributed by atoms with Gasteiger partial charge in [-0.2, -0.15) is 0 Å².